The highest BCUT2D eigenvalue weighted by Gasteiger charge is 2.15. The van der Waals surface area contributed by atoms with E-state index in [-0.39, 0.29) is 10.6 Å². The van der Waals surface area contributed by atoms with Crippen molar-refractivity contribution in [2.75, 3.05) is 0 Å². The number of aryl methyl sites for hydroxylation is 1. The van der Waals surface area contributed by atoms with Gasteiger partial charge in [-0.1, -0.05) is 11.6 Å². The van der Waals surface area contributed by atoms with Crippen LogP contribution in [0, 0.1) is 6.92 Å². The van der Waals surface area contributed by atoms with Crippen LogP contribution >= 0.6 is 11.6 Å². The third-order valence-electron chi connectivity index (χ3n) is 2.10. The Labute approximate surface area is 97.5 Å². The van der Waals surface area contributed by atoms with Crippen LogP contribution in [0.25, 0.3) is 5.69 Å². The number of pyridine rings is 1. The van der Waals surface area contributed by atoms with Crippen LogP contribution in [0.3, 0.4) is 0 Å². The molecule has 0 saturated heterocycles. The topological polar surface area (TPSA) is 71.2 Å². The number of aromatic nitrogens is 3. The first-order valence-corrected chi connectivity index (χ1v) is 4.99. The van der Waals surface area contributed by atoms with Gasteiger partial charge in [-0.2, -0.15) is 5.10 Å². The monoisotopic (exact) mass is 237 g/mol. The maximum absolute atomic E-state index is 9.03. The van der Waals surface area contributed by atoms with Crippen molar-refractivity contribution in [1.82, 2.24) is 14.8 Å². The summed E-state index contributed by atoms with van der Waals surface area (Å²) in [5.74, 6) is 0. The van der Waals surface area contributed by atoms with Gasteiger partial charge in [0, 0.05) is 17.9 Å². The van der Waals surface area contributed by atoms with Crippen molar-refractivity contribution in [3.63, 3.8) is 0 Å². The Balaban J connectivity index is 2.51. The molecule has 7 heteroatoms. The van der Waals surface area contributed by atoms with E-state index in [0.717, 1.165) is 5.56 Å². The molecular weight excluding hydrogens is 228 g/mol. The molecule has 0 aliphatic carbocycles. The van der Waals surface area contributed by atoms with E-state index in [9.17, 15) is 0 Å². The number of nitrogens with zero attached hydrogens (tertiary/aromatic N) is 3. The fraction of sp³-hybridized carbons (Fsp3) is 0.111. The van der Waals surface area contributed by atoms with E-state index in [2.05, 4.69) is 10.1 Å². The highest BCUT2D eigenvalue weighted by molar-refractivity contribution is 6.58. The van der Waals surface area contributed by atoms with E-state index >= 15 is 0 Å². The molecule has 2 aromatic heterocycles. The predicted molar refractivity (Wildman–Crippen MR) is 60.9 cm³/mol. The minimum atomic E-state index is -1.57. The van der Waals surface area contributed by atoms with Crippen LogP contribution in [-0.4, -0.2) is 31.9 Å². The van der Waals surface area contributed by atoms with Gasteiger partial charge in [0.05, 0.1) is 6.20 Å². The standard InChI is InChI=1S/C9H9BClN3O2/c1-6-3-13-14(5-6)8-2-7(10(15)16)4-12-9(8)11/h2-5,15-16H,1H3. The Morgan fingerprint density at radius 3 is 2.69 bits per heavy atom. The lowest BCUT2D eigenvalue weighted by Gasteiger charge is -2.06. The van der Waals surface area contributed by atoms with Gasteiger partial charge in [0.15, 0.2) is 5.15 Å². The quantitative estimate of drug-likeness (QED) is 0.566. The summed E-state index contributed by atoms with van der Waals surface area (Å²) in [6.45, 7) is 1.90. The average molecular weight is 237 g/mol. The Bertz CT molecular complexity index is 515. The fourth-order valence-electron chi connectivity index (χ4n) is 1.30. The zero-order chi connectivity index (χ0) is 11.7. The van der Waals surface area contributed by atoms with Crippen LogP contribution < -0.4 is 5.46 Å². The summed E-state index contributed by atoms with van der Waals surface area (Å²) in [7, 11) is -1.57. The van der Waals surface area contributed by atoms with Crippen LogP contribution in [0.2, 0.25) is 5.15 Å². The van der Waals surface area contributed by atoms with E-state index in [1.165, 1.54) is 16.9 Å². The Morgan fingerprint density at radius 2 is 2.12 bits per heavy atom. The smallest absolute Gasteiger partial charge is 0.423 e. The average Bonchev–Trinajstić information content (AvgIpc) is 2.65. The Kier molecular flexibility index (Phi) is 2.96. The second-order valence-corrected chi connectivity index (χ2v) is 3.77. The molecule has 2 N–H and O–H groups in total. The molecule has 0 fully saturated rings. The number of hydrogen-bond donors (Lipinski definition) is 2. The van der Waals surface area contributed by atoms with Crippen molar-refractivity contribution in [2.24, 2.45) is 0 Å². The van der Waals surface area contributed by atoms with Gasteiger partial charge in [0.1, 0.15) is 5.69 Å². The SMILES string of the molecule is Cc1cnn(-c2cc(B(O)O)cnc2Cl)c1. The van der Waals surface area contributed by atoms with Gasteiger partial charge in [0.25, 0.3) is 0 Å². The summed E-state index contributed by atoms with van der Waals surface area (Å²) in [6, 6.07) is 1.53. The molecule has 0 amide bonds. The first-order chi connectivity index (χ1) is 7.58. The third-order valence-corrected chi connectivity index (χ3v) is 2.39. The van der Waals surface area contributed by atoms with E-state index in [1.807, 2.05) is 6.92 Å². The molecule has 0 atom stereocenters. The van der Waals surface area contributed by atoms with Crippen molar-refractivity contribution in [3.8, 4) is 5.69 Å². The summed E-state index contributed by atoms with van der Waals surface area (Å²) in [5.41, 5.74) is 1.76. The molecule has 0 radical (unpaired) electrons. The summed E-state index contributed by atoms with van der Waals surface area (Å²) >= 11 is 5.91. The lowest BCUT2D eigenvalue weighted by molar-refractivity contribution is 0.425. The molecule has 2 heterocycles. The molecule has 0 unspecified atom stereocenters. The second kappa shape index (κ2) is 4.25. The molecular formula is C9H9BClN3O2. The summed E-state index contributed by atoms with van der Waals surface area (Å²) in [4.78, 5) is 3.87. The van der Waals surface area contributed by atoms with E-state index in [4.69, 9.17) is 21.6 Å². The molecule has 0 aromatic carbocycles. The molecule has 16 heavy (non-hydrogen) atoms. The van der Waals surface area contributed by atoms with E-state index in [0.29, 0.717) is 5.69 Å². The van der Waals surface area contributed by atoms with Crippen molar-refractivity contribution in [3.05, 3.63) is 35.4 Å². The van der Waals surface area contributed by atoms with Gasteiger partial charge in [0.2, 0.25) is 0 Å². The lowest BCUT2D eigenvalue weighted by atomic mass is 9.81. The van der Waals surface area contributed by atoms with Crippen LogP contribution in [0.15, 0.2) is 24.7 Å². The third kappa shape index (κ3) is 2.09. The highest BCUT2D eigenvalue weighted by atomic mass is 35.5. The molecule has 0 aliphatic heterocycles. The van der Waals surface area contributed by atoms with E-state index < -0.39 is 7.12 Å². The normalized spacial score (nSPS) is 10.5. The van der Waals surface area contributed by atoms with Gasteiger partial charge in [-0.15, -0.1) is 0 Å². The molecule has 0 aliphatic rings. The molecule has 5 nitrogen and oxygen atoms in total. The van der Waals surface area contributed by atoms with Gasteiger partial charge >= 0.3 is 7.12 Å². The molecule has 2 rings (SSSR count). The Morgan fingerprint density at radius 1 is 1.38 bits per heavy atom. The van der Waals surface area contributed by atoms with Gasteiger partial charge < -0.3 is 10.0 Å². The summed E-state index contributed by atoms with van der Waals surface area (Å²) < 4.78 is 1.54. The summed E-state index contributed by atoms with van der Waals surface area (Å²) in [6.07, 6.45) is 4.77. The maximum Gasteiger partial charge on any atom is 0.490 e. The van der Waals surface area contributed by atoms with E-state index in [1.54, 1.807) is 12.4 Å². The molecule has 0 saturated carbocycles. The number of rotatable bonds is 2. The highest BCUT2D eigenvalue weighted by Crippen LogP contribution is 2.15. The maximum atomic E-state index is 9.03. The molecule has 0 bridgehead atoms. The van der Waals surface area contributed by atoms with Crippen molar-refractivity contribution < 1.29 is 10.0 Å². The summed E-state index contributed by atoms with van der Waals surface area (Å²) in [5, 5.41) is 22.4. The number of hydrogen-bond acceptors (Lipinski definition) is 4. The molecule has 82 valence electrons. The minimum absolute atomic E-state index is 0.257. The first-order valence-electron chi connectivity index (χ1n) is 4.61. The largest absolute Gasteiger partial charge is 0.490 e. The molecule has 0 spiro atoms. The van der Waals surface area contributed by atoms with Crippen LogP contribution in [0.5, 0.6) is 0 Å². The number of halogens is 1. The van der Waals surface area contributed by atoms with Gasteiger partial charge in [-0.05, 0) is 18.6 Å². The van der Waals surface area contributed by atoms with Crippen molar-refractivity contribution >= 4 is 24.2 Å². The van der Waals surface area contributed by atoms with Crippen LogP contribution in [0.4, 0.5) is 0 Å². The van der Waals surface area contributed by atoms with Crippen molar-refractivity contribution in [2.45, 2.75) is 6.92 Å². The fourth-order valence-corrected chi connectivity index (χ4v) is 1.49. The zero-order valence-corrected chi connectivity index (χ0v) is 9.26. The van der Waals surface area contributed by atoms with Gasteiger partial charge in [-0.25, -0.2) is 9.67 Å². The van der Waals surface area contributed by atoms with Crippen molar-refractivity contribution in [1.29, 1.82) is 0 Å². The molecule has 2 aromatic rings. The zero-order valence-electron chi connectivity index (χ0n) is 8.50. The van der Waals surface area contributed by atoms with Crippen LogP contribution in [0.1, 0.15) is 5.56 Å². The lowest BCUT2D eigenvalue weighted by Crippen LogP contribution is -2.30. The van der Waals surface area contributed by atoms with Crippen LogP contribution in [-0.2, 0) is 0 Å². The van der Waals surface area contributed by atoms with Gasteiger partial charge in [-0.3, -0.25) is 0 Å². The minimum Gasteiger partial charge on any atom is -0.423 e. The predicted octanol–water partition coefficient (Wildman–Crippen LogP) is -0.0911. The first kappa shape index (κ1) is 11.1. The Hall–Kier alpha value is -1.37. The second-order valence-electron chi connectivity index (χ2n) is 3.41.